The average Bonchev–Trinajstić information content (AvgIpc) is 2.76. The Balaban J connectivity index is 1.86. The van der Waals surface area contributed by atoms with Crippen LogP contribution in [0.1, 0.15) is 48.5 Å². The lowest BCUT2D eigenvalue weighted by molar-refractivity contribution is -0.128. The van der Waals surface area contributed by atoms with E-state index in [4.69, 9.17) is 0 Å². The molecule has 0 saturated carbocycles. The molecule has 0 amide bonds. The molecule has 144 valence electrons. The van der Waals surface area contributed by atoms with E-state index in [0.29, 0.717) is 6.42 Å². The van der Waals surface area contributed by atoms with Crippen LogP contribution >= 0.6 is 0 Å². The molecule has 28 heavy (non-hydrogen) atoms. The molecule has 1 aliphatic rings. The van der Waals surface area contributed by atoms with Gasteiger partial charge in [0.25, 0.3) is 0 Å². The topological polar surface area (TPSA) is 23.5 Å². The van der Waals surface area contributed by atoms with Gasteiger partial charge in [-0.1, -0.05) is 97.9 Å². The van der Waals surface area contributed by atoms with E-state index in [-0.39, 0.29) is 18.0 Å². The van der Waals surface area contributed by atoms with Gasteiger partial charge in [-0.05, 0) is 30.2 Å². The van der Waals surface area contributed by atoms with Gasteiger partial charge in [-0.25, -0.2) is 0 Å². The molecule has 4 atom stereocenters. The molecule has 3 aromatic carbocycles. The van der Waals surface area contributed by atoms with Gasteiger partial charge in [0.1, 0.15) is 0 Å². The van der Waals surface area contributed by atoms with Crippen molar-refractivity contribution in [2.24, 2.45) is 5.92 Å². The largest absolute Gasteiger partial charge is 0.385 e. The molecular formula is C26H29NO. The second-order valence-electron chi connectivity index (χ2n) is 7.96. The zero-order chi connectivity index (χ0) is 19.6. The number of benzene rings is 3. The maximum Gasteiger partial charge on any atom is 0.0960 e. The third-order valence-electron chi connectivity index (χ3n) is 6.47. The lowest BCUT2D eigenvalue weighted by Crippen LogP contribution is -2.51. The van der Waals surface area contributed by atoms with E-state index >= 15 is 0 Å². The van der Waals surface area contributed by atoms with E-state index < -0.39 is 5.60 Å². The van der Waals surface area contributed by atoms with Crippen LogP contribution in [0.15, 0.2) is 91.0 Å². The van der Waals surface area contributed by atoms with Crippen molar-refractivity contribution >= 4 is 0 Å². The first-order chi connectivity index (χ1) is 13.6. The highest BCUT2D eigenvalue weighted by Crippen LogP contribution is 2.54. The number of piperidine rings is 1. The molecule has 4 rings (SSSR count). The Morgan fingerprint density at radius 3 is 1.86 bits per heavy atom. The molecule has 0 unspecified atom stereocenters. The van der Waals surface area contributed by atoms with Crippen molar-refractivity contribution in [2.75, 3.05) is 7.05 Å². The van der Waals surface area contributed by atoms with Gasteiger partial charge < -0.3 is 5.11 Å². The van der Waals surface area contributed by atoms with Crippen molar-refractivity contribution in [3.63, 3.8) is 0 Å². The number of nitrogens with zero attached hydrogens (tertiary/aromatic N) is 1. The SMILES string of the molecule is CC[C@H]1[C@H](c2ccccc2)N(C)[C@H](c2ccccc2)C[C@]1(O)c1ccccc1. The highest BCUT2D eigenvalue weighted by molar-refractivity contribution is 5.32. The van der Waals surface area contributed by atoms with Crippen LogP contribution in [0.2, 0.25) is 0 Å². The molecule has 0 aliphatic carbocycles. The number of aliphatic hydroxyl groups is 1. The summed E-state index contributed by atoms with van der Waals surface area (Å²) in [5.74, 6) is 0.113. The first-order valence-electron chi connectivity index (χ1n) is 10.2. The van der Waals surface area contributed by atoms with Crippen LogP contribution in [0.25, 0.3) is 0 Å². The van der Waals surface area contributed by atoms with Crippen LogP contribution in [-0.2, 0) is 5.60 Å². The maximum absolute atomic E-state index is 12.2. The van der Waals surface area contributed by atoms with Crippen molar-refractivity contribution in [2.45, 2.75) is 37.5 Å². The second-order valence-corrected chi connectivity index (χ2v) is 7.96. The first-order valence-corrected chi connectivity index (χ1v) is 10.2. The molecule has 0 aromatic heterocycles. The van der Waals surface area contributed by atoms with Crippen molar-refractivity contribution < 1.29 is 5.11 Å². The Labute approximate surface area is 168 Å². The molecule has 1 N–H and O–H groups in total. The number of rotatable bonds is 4. The summed E-state index contributed by atoms with van der Waals surface area (Å²) in [5, 5.41) is 12.2. The summed E-state index contributed by atoms with van der Waals surface area (Å²) in [6.07, 6.45) is 1.61. The summed E-state index contributed by atoms with van der Waals surface area (Å²) in [5.41, 5.74) is 2.68. The van der Waals surface area contributed by atoms with Crippen molar-refractivity contribution in [1.82, 2.24) is 4.90 Å². The number of hydrogen-bond acceptors (Lipinski definition) is 2. The van der Waals surface area contributed by atoms with E-state index in [0.717, 1.165) is 12.0 Å². The molecule has 1 heterocycles. The highest BCUT2D eigenvalue weighted by Gasteiger charge is 2.51. The van der Waals surface area contributed by atoms with Gasteiger partial charge >= 0.3 is 0 Å². The Morgan fingerprint density at radius 2 is 1.32 bits per heavy atom. The Morgan fingerprint density at radius 1 is 0.821 bits per heavy atom. The van der Waals surface area contributed by atoms with Gasteiger partial charge in [-0.15, -0.1) is 0 Å². The fourth-order valence-electron chi connectivity index (χ4n) is 5.09. The lowest BCUT2D eigenvalue weighted by atomic mass is 9.66. The smallest absolute Gasteiger partial charge is 0.0960 e. The molecule has 1 aliphatic heterocycles. The van der Waals surface area contributed by atoms with E-state index in [1.165, 1.54) is 11.1 Å². The Kier molecular flexibility index (Phi) is 5.34. The standard InChI is InChI=1S/C26H29NO/c1-3-23-25(21-15-9-5-10-16-21)27(2)24(20-13-7-4-8-14-20)19-26(23,28)22-17-11-6-12-18-22/h4-18,23-25,28H,3,19H2,1-2H3/t23-,24-,25-,26-/m0/s1. The summed E-state index contributed by atoms with van der Waals surface area (Å²) in [4.78, 5) is 2.47. The minimum atomic E-state index is -0.871. The molecule has 2 nitrogen and oxygen atoms in total. The van der Waals surface area contributed by atoms with E-state index in [1.807, 2.05) is 18.2 Å². The van der Waals surface area contributed by atoms with Gasteiger partial charge in [0, 0.05) is 24.4 Å². The Bertz CT molecular complexity index is 880. The fraction of sp³-hybridized carbons (Fsp3) is 0.308. The van der Waals surface area contributed by atoms with Gasteiger partial charge in [0.2, 0.25) is 0 Å². The van der Waals surface area contributed by atoms with Crippen molar-refractivity contribution in [1.29, 1.82) is 0 Å². The zero-order valence-corrected chi connectivity index (χ0v) is 16.7. The summed E-state index contributed by atoms with van der Waals surface area (Å²) in [6.45, 7) is 2.20. The minimum Gasteiger partial charge on any atom is -0.385 e. The van der Waals surface area contributed by atoms with Gasteiger partial charge in [0.05, 0.1) is 5.60 Å². The maximum atomic E-state index is 12.2. The van der Waals surface area contributed by atoms with Crippen LogP contribution in [0.3, 0.4) is 0 Å². The van der Waals surface area contributed by atoms with Crippen LogP contribution in [0.5, 0.6) is 0 Å². The van der Waals surface area contributed by atoms with E-state index in [9.17, 15) is 5.11 Å². The zero-order valence-electron chi connectivity index (χ0n) is 16.7. The highest BCUT2D eigenvalue weighted by atomic mass is 16.3. The summed E-state index contributed by atoms with van der Waals surface area (Å²) >= 11 is 0. The molecule has 0 bridgehead atoms. The molecule has 2 heteroatoms. The first kappa shape index (κ1) is 18.9. The fourth-order valence-corrected chi connectivity index (χ4v) is 5.09. The van der Waals surface area contributed by atoms with Crippen molar-refractivity contribution in [3.8, 4) is 0 Å². The molecule has 1 saturated heterocycles. The molecule has 3 aromatic rings. The molecule has 0 spiro atoms. The normalized spacial score (nSPS) is 28.2. The van der Waals surface area contributed by atoms with Gasteiger partial charge in [0.15, 0.2) is 0 Å². The van der Waals surface area contributed by atoms with Crippen LogP contribution in [-0.4, -0.2) is 17.1 Å². The predicted molar refractivity (Wildman–Crippen MR) is 115 cm³/mol. The average molecular weight is 372 g/mol. The third-order valence-corrected chi connectivity index (χ3v) is 6.47. The molecule has 1 fully saturated rings. The lowest BCUT2D eigenvalue weighted by Gasteiger charge is -2.53. The van der Waals surface area contributed by atoms with E-state index in [1.54, 1.807) is 0 Å². The third kappa shape index (κ3) is 3.28. The van der Waals surface area contributed by atoms with E-state index in [2.05, 4.69) is 91.7 Å². The monoisotopic (exact) mass is 371 g/mol. The Hall–Kier alpha value is -2.42. The number of likely N-dealkylation sites (tertiary alicyclic amines) is 1. The quantitative estimate of drug-likeness (QED) is 0.634. The van der Waals surface area contributed by atoms with Crippen LogP contribution < -0.4 is 0 Å². The second kappa shape index (κ2) is 7.90. The summed E-state index contributed by atoms with van der Waals surface area (Å²) in [7, 11) is 2.21. The predicted octanol–water partition coefficient (Wildman–Crippen LogP) is 5.72. The summed E-state index contributed by atoms with van der Waals surface area (Å²) in [6, 6.07) is 31.8. The van der Waals surface area contributed by atoms with Gasteiger partial charge in [-0.2, -0.15) is 0 Å². The number of hydrogen-bond donors (Lipinski definition) is 1. The summed E-state index contributed by atoms with van der Waals surface area (Å²) < 4.78 is 0. The molecular weight excluding hydrogens is 342 g/mol. The van der Waals surface area contributed by atoms with Gasteiger partial charge in [-0.3, -0.25) is 4.90 Å². The minimum absolute atomic E-state index is 0.113. The van der Waals surface area contributed by atoms with Crippen LogP contribution in [0, 0.1) is 5.92 Å². The molecule has 0 radical (unpaired) electrons. The van der Waals surface area contributed by atoms with Crippen LogP contribution in [0.4, 0.5) is 0 Å². The van der Waals surface area contributed by atoms with Crippen molar-refractivity contribution in [3.05, 3.63) is 108 Å².